The molecule has 21 saturated heterocycles. The molecule has 2 amide bonds. The van der Waals surface area contributed by atoms with E-state index in [1.165, 1.54) is 17.7 Å². The summed E-state index contributed by atoms with van der Waals surface area (Å²) in [4.78, 5) is 49.6. The number of anilines is 3. The summed E-state index contributed by atoms with van der Waals surface area (Å²) >= 11 is 2.11. The fraction of sp³-hybridized carbons (Fsp3) is 0.754. The van der Waals surface area contributed by atoms with Crippen molar-refractivity contribution in [3.05, 3.63) is 50.4 Å². The van der Waals surface area contributed by atoms with Crippen LogP contribution in [0, 0.1) is 0 Å². The largest absolute Gasteiger partial charge is 0.394 e. The fourth-order valence-corrected chi connectivity index (χ4v) is 15.1. The Balaban J connectivity index is 0.922. The molecule has 27 rings (SSSR count). The summed E-state index contributed by atoms with van der Waals surface area (Å²) in [5, 5.41) is 234. The second-order valence-electron chi connectivity index (χ2n) is 26.4. The summed E-state index contributed by atoms with van der Waals surface area (Å²) < 4.78 is 83.4. The number of amides is 2. The topological polar surface area (TPSA) is 639 Å². The van der Waals surface area contributed by atoms with Gasteiger partial charge in [0.05, 0.1) is 52.2 Å². The molecule has 24 aliphatic rings. The van der Waals surface area contributed by atoms with Gasteiger partial charge in [0.2, 0.25) is 5.91 Å². The van der Waals surface area contributed by atoms with E-state index in [2.05, 4.69) is 31.2 Å². The highest BCUT2D eigenvalue weighted by molar-refractivity contribution is 7.10. The molecule has 35 atom stereocenters. The lowest BCUT2D eigenvalue weighted by Crippen LogP contribution is -2.68. The van der Waals surface area contributed by atoms with Crippen molar-refractivity contribution >= 4 is 57.3 Å². The Morgan fingerprint density at radius 1 is 0.410 bits per heavy atom. The SMILES string of the molecule is CC(=O)Nc1cc2cc(c1)NCc1nc(cs1)C(=O)NCC1O[C@@H]3O[C@@H]4C(CO)O[C@H](O[C@@H]5C(CO)O[C@H](O[C@@H]6C(CCC(=O)c7csc(n7)CN2)O[C@H](O[C@@H]2C(CO)O[C@H](O[C@@H]7C(CO)O[C@H](O[C@@H]8C(CO)O[C@H](O[C@H]1C(O)C3O)C(O)C8O)C(O)C7O)C(O)C2O)C(O)C6O)C(O)C5O)C(O)C4O. The molecular weight excluding hydrogens is 1460 g/mol. The lowest BCUT2D eigenvalue weighted by molar-refractivity contribution is -0.396. The molecule has 2 aromatic heterocycles. The number of thiazole rings is 2. The zero-order valence-electron chi connectivity index (χ0n) is 55.3. The van der Waals surface area contributed by atoms with Crippen molar-refractivity contribution < 1.29 is 178 Å². The first-order valence-electron chi connectivity index (χ1n) is 33.6. The number of nitrogens with zero attached hydrogens (tertiary/aromatic N) is 2. The number of ether oxygens (including phenoxy) is 14. The number of rotatable bonds is 6. The zero-order chi connectivity index (χ0) is 75.1. The van der Waals surface area contributed by atoms with Crippen LogP contribution in [-0.2, 0) is 84.2 Å². The minimum Gasteiger partial charge on any atom is -0.394 e. The molecule has 44 heteroatoms. The third-order valence-corrected chi connectivity index (χ3v) is 21.0. The Kier molecular flexibility index (Phi) is 26.1. The van der Waals surface area contributed by atoms with Crippen molar-refractivity contribution in [2.24, 2.45) is 0 Å². The zero-order valence-corrected chi connectivity index (χ0v) is 56.9. The number of aromatic nitrogens is 2. The first-order chi connectivity index (χ1) is 50.2. The van der Waals surface area contributed by atoms with E-state index in [9.17, 15) is 111 Å². The van der Waals surface area contributed by atoms with Gasteiger partial charge in [0, 0.05) is 47.7 Å². The maximum Gasteiger partial charge on any atom is 0.270 e. The predicted molar refractivity (Wildman–Crippen MR) is 340 cm³/mol. The van der Waals surface area contributed by atoms with Crippen molar-refractivity contribution in [3.8, 4) is 0 Å². The molecule has 24 aliphatic heterocycles. The van der Waals surface area contributed by atoms with Gasteiger partial charge in [0.25, 0.3) is 5.91 Å². The molecule has 105 heavy (non-hydrogen) atoms. The number of benzene rings is 1. The molecule has 3 aromatic rings. The number of ketones is 1. The first kappa shape index (κ1) is 79.9. The van der Waals surface area contributed by atoms with Crippen LogP contribution in [0.5, 0.6) is 0 Å². The van der Waals surface area contributed by atoms with E-state index in [1.807, 2.05) is 0 Å². The van der Waals surface area contributed by atoms with Gasteiger partial charge in [-0.05, 0) is 24.6 Å². The van der Waals surface area contributed by atoms with E-state index < -0.39 is 285 Å². The number of hydrogen-bond donors (Lipinski definition) is 23. The van der Waals surface area contributed by atoms with Crippen molar-refractivity contribution in [2.45, 2.75) is 248 Å². The van der Waals surface area contributed by atoms with Crippen LogP contribution in [0.25, 0.3) is 0 Å². The number of Topliss-reactive ketones (excluding diaryl/α,β-unsaturated/α-hetero) is 1. The summed E-state index contributed by atoms with van der Waals surface area (Å²) in [6.07, 6.45) is -73.9. The van der Waals surface area contributed by atoms with Crippen molar-refractivity contribution in [2.75, 3.05) is 55.5 Å². The molecule has 42 nitrogen and oxygen atoms in total. The maximum absolute atomic E-state index is 14.2. The number of hydrogen-bond acceptors (Lipinski definition) is 42. The fourth-order valence-electron chi connectivity index (χ4n) is 13.7. The average molecular weight is 1540 g/mol. The van der Waals surface area contributed by atoms with Crippen LogP contribution < -0.4 is 21.3 Å². The van der Waals surface area contributed by atoms with Crippen LogP contribution in [0.2, 0.25) is 0 Å². The molecule has 21 unspecified atom stereocenters. The molecule has 0 saturated carbocycles. The van der Waals surface area contributed by atoms with Crippen LogP contribution >= 0.6 is 22.7 Å². The lowest BCUT2D eigenvalue weighted by atomic mass is 9.93. The van der Waals surface area contributed by atoms with Gasteiger partial charge in [0.1, 0.15) is 186 Å². The van der Waals surface area contributed by atoms with E-state index in [1.54, 1.807) is 18.2 Å². The third-order valence-electron chi connectivity index (χ3n) is 19.3. The standard InChI is InChI=1S/C61H86N6O36S2/c1-17(73)65-20-5-18-4-19(6-20)63-9-32-67-22(16-105-32)54(89)64-7-25-48-34(76)41(83)56(91-25)100-50-27(11-69)95-60(45(87)38(50)80)101-51-28(12-70)92-57(42(84)35(51)77)97-47-24(3-2-23(74)21-15-104-31(66-21)8-62-18)90-55(40(82)33(47)75)99-49-26(10-68)94-59(44(86)37(49)79)103-53-30(14-72)96-61(46(88)39(53)81)102-52-29(13-71)93-58(98-48)43(85)36(52)78/h4-6,15-16,24-30,33-53,55-63,68-72,75-88H,2-3,7-14H2,1H3,(H,64,89)(H,65,73)/t24?,25?,26?,27?,28?,29?,30?,33?,34?,35?,36?,37?,38?,39?,40?,41?,42?,43?,44?,45?,46?,47-,48-,49-,50-,51-,52-,53-,55-,56-,57-,58-,59-,60-,61-/m1/s1. The highest BCUT2D eigenvalue weighted by atomic mass is 32.1. The molecule has 0 spiro atoms. The average Bonchev–Trinajstić information content (AvgIpc) is 0.980. The normalized spacial score (nSPS) is 44.8. The van der Waals surface area contributed by atoms with E-state index >= 15 is 0 Å². The number of aliphatic hydroxyl groups is 19. The second kappa shape index (κ2) is 34.3. The highest BCUT2D eigenvalue weighted by Gasteiger charge is 2.60. The van der Waals surface area contributed by atoms with Crippen molar-refractivity contribution in [3.63, 3.8) is 0 Å². The lowest BCUT2D eigenvalue weighted by Gasteiger charge is -2.50. The monoisotopic (exact) mass is 1540 g/mol. The minimum atomic E-state index is -2.31. The van der Waals surface area contributed by atoms with Gasteiger partial charge in [-0.3, -0.25) is 14.4 Å². The summed E-state index contributed by atoms with van der Waals surface area (Å²) in [5.41, 5.74) is 0.966. The number of nitrogens with one attached hydrogen (secondary N) is 4. The predicted octanol–water partition coefficient (Wildman–Crippen LogP) is -10.7. The minimum absolute atomic E-state index is 0.00902. The van der Waals surface area contributed by atoms with Gasteiger partial charge < -0.3 is 185 Å². The van der Waals surface area contributed by atoms with Crippen LogP contribution in [-0.4, -0.2) is 379 Å². The van der Waals surface area contributed by atoms with E-state index in [-0.39, 0.29) is 24.5 Å². The highest BCUT2D eigenvalue weighted by Crippen LogP contribution is 2.40. The Labute approximate surface area is 601 Å². The molecule has 1 aromatic carbocycles. The number of carbonyl (C=O) groups is 3. The molecule has 21 fully saturated rings. The van der Waals surface area contributed by atoms with E-state index in [4.69, 9.17) is 66.3 Å². The van der Waals surface area contributed by atoms with Gasteiger partial charge in [0.15, 0.2) is 49.8 Å². The van der Waals surface area contributed by atoms with E-state index in [0.717, 1.165) is 22.7 Å². The Hall–Kier alpha value is -4.63. The summed E-state index contributed by atoms with van der Waals surface area (Å²) in [7, 11) is 0. The Morgan fingerprint density at radius 3 is 1.07 bits per heavy atom. The van der Waals surface area contributed by atoms with E-state index in [0.29, 0.717) is 27.1 Å². The quantitative estimate of drug-likeness (QED) is 0.109. The molecule has 0 radical (unpaired) electrons. The van der Waals surface area contributed by atoms with Crippen LogP contribution in [0.1, 0.15) is 50.8 Å². The van der Waals surface area contributed by atoms with Crippen LogP contribution in [0.4, 0.5) is 17.1 Å². The Bertz CT molecular complexity index is 3360. The molecule has 588 valence electrons. The van der Waals surface area contributed by atoms with Gasteiger partial charge in [-0.1, -0.05) is 0 Å². The van der Waals surface area contributed by atoms with Gasteiger partial charge in [-0.15, -0.1) is 22.7 Å². The molecular formula is C61H86N6O36S2. The van der Waals surface area contributed by atoms with Crippen LogP contribution in [0.3, 0.4) is 0 Å². The van der Waals surface area contributed by atoms with Crippen LogP contribution in [0.15, 0.2) is 29.0 Å². The summed E-state index contributed by atoms with van der Waals surface area (Å²) in [6.45, 7) is -4.94. The number of carbonyl (C=O) groups excluding carboxylic acids is 3. The number of aliphatic hydroxyl groups excluding tert-OH is 19. The summed E-state index contributed by atoms with van der Waals surface area (Å²) in [6, 6.07) is 4.89. The summed E-state index contributed by atoms with van der Waals surface area (Å²) in [5.74, 6) is -1.94. The third kappa shape index (κ3) is 17.0. The molecule has 23 N–H and O–H groups in total. The first-order valence-corrected chi connectivity index (χ1v) is 35.3. The van der Waals surface area contributed by atoms with Gasteiger partial charge >= 0.3 is 0 Å². The molecule has 26 heterocycles. The Morgan fingerprint density at radius 2 is 0.714 bits per heavy atom. The molecule has 22 bridgehead atoms. The second-order valence-corrected chi connectivity index (χ2v) is 28.3. The smallest absolute Gasteiger partial charge is 0.270 e. The molecule has 0 aliphatic carbocycles. The van der Waals surface area contributed by atoms with Gasteiger partial charge in [-0.2, -0.15) is 0 Å². The van der Waals surface area contributed by atoms with Crippen molar-refractivity contribution in [1.29, 1.82) is 0 Å². The maximum atomic E-state index is 14.2. The van der Waals surface area contributed by atoms with Crippen molar-refractivity contribution in [1.82, 2.24) is 15.3 Å². The van der Waals surface area contributed by atoms with Gasteiger partial charge in [-0.25, -0.2) is 9.97 Å².